The lowest BCUT2D eigenvalue weighted by Gasteiger charge is -2.22. The SMILES string of the molecule is CCCNC(C)(C#N)CCSc1nc2ccc(C)cc2[nH]1. The second kappa shape index (κ2) is 6.97. The number of aryl methyl sites for hydroxylation is 1. The molecule has 1 heterocycles. The van der Waals surface area contributed by atoms with E-state index in [4.69, 9.17) is 0 Å². The van der Waals surface area contributed by atoms with Gasteiger partial charge in [0.05, 0.1) is 17.1 Å². The van der Waals surface area contributed by atoms with E-state index in [1.54, 1.807) is 11.8 Å². The highest BCUT2D eigenvalue weighted by Crippen LogP contribution is 2.23. The number of nitrogens with one attached hydrogen (secondary N) is 2. The molecule has 0 aliphatic rings. The van der Waals surface area contributed by atoms with Gasteiger partial charge in [-0.15, -0.1) is 0 Å². The average molecular weight is 302 g/mol. The number of nitriles is 1. The number of rotatable bonds is 7. The normalized spacial score (nSPS) is 14.0. The van der Waals surface area contributed by atoms with Gasteiger partial charge in [-0.1, -0.05) is 24.8 Å². The van der Waals surface area contributed by atoms with E-state index in [-0.39, 0.29) is 0 Å². The van der Waals surface area contributed by atoms with Crippen molar-refractivity contribution in [1.29, 1.82) is 5.26 Å². The van der Waals surface area contributed by atoms with Gasteiger partial charge in [-0.2, -0.15) is 5.26 Å². The van der Waals surface area contributed by atoms with Gasteiger partial charge in [0.15, 0.2) is 5.16 Å². The minimum Gasteiger partial charge on any atom is -0.333 e. The zero-order valence-electron chi connectivity index (χ0n) is 12.9. The Balaban J connectivity index is 1.94. The molecule has 4 nitrogen and oxygen atoms in total. The molecular formula is C16H22N4S. The minimum atomic E-state index is -0.453. The summed E-state index contributed by atoms with van der Waals surface area (Å²) >= 11 is 1.67. The van der Waals surface area contributed by atoms with Crippen molar-refractivity contribution in [1.82, 2.24) is 15.3 Å². The van der Waals surface area contributed by atoms with Crippen LogP contribution in [0.1, 0.15) is 32.3 Å². The Hall–Kier alpha value is -1.51. The van der Waals surface area contributed by atoms with Gasteiger partial charge in [0, 0.05) is 5.75 Å². The smallest absolute Gasteiger partial charge is 0.166 e. The summed E-state index contributed by atoms with van der Waals surface area (Å²) in [5.41, 5.74) is 2.84. The molecule has 0 fully saturated rings. The van der Waals surface area contributed by atoms with E-state index < -0.39 is 5.54 Å². The fraction of sp³-hybridized carbons (Fsp3) is 0.500. The third kappa shape index (κ3) is 4.23. The van der Waals surface area contributed by atoms with E-state index in [0.717, 1.165) is 41.3 Å². The van der Waals surface area contributed by atoms with Gasteiger partial charge in [-0.25, -0.2) is 4.98 Å². The molecule has 21 heavy (non-hydrogen) atoms. The Bertz CT molecular complexity index is 643. The van der Waals surface area contributed by atoms with Gasteiger partial charge >= 0.3 is 0 Å². The first-order chi connectivity index (χ1) is 10.1. The first-order valence-corrected chi connectivity index (χ1v) is 8.30. The third-order valence-corrected chi connectivity index (χ3v) is 4.34. The van der Waals surface area contributed by atoms with Crippen LogP contribution in [0, 0.1) is 18.3 Å². The maximum absolute atomic E-state index is 9.31. The number of benzene rings is 1. The number of fused-ring (bicyclic) bond motifs is 1. The van der Waals surface area contributed by atoms with Crippen LogP contribution in [0.25, 0.3) is 11.0 Å². The molecule has 0 saturated carbocycles. The van der Waals surface area contributed by atoms with Gasteiger partial charge < -0.3 is 4.98 Å². The van der Waals surface area contributed by atoms with E-state index in [0.29, 0.717) is 0 Å². The fourth-order valence-electron chi connectivity index (χ4n) is 2.10. The lowest BCUT2D eigenvalue weighted by atomic mass is 10.0. The van der Waals surface area contributed by atoms with Crippen LogP contribution in [0.3, 0.4) is 0 Å². The minimum absolute atomic E-state index is 0.453. The molecule has 0 aliphatic heterocycles. The van der Waals surface area contributed by atoms with Gasteiger partial charge in [0.25, 0.3) is 0 Å². The van der Waals surface area contributed by atoms with Gasteiger partial charge in [0.2, 0.25) is 0 Å². The molecule has 112 valence electrons. The van der Waals surface area contributed by atoms with Crippen LogP contribution < -0.4 is 5.32 Å². The maximum Gasteiger partial charge on any atom is 0.166 e. The number of aromatic nitrogens is 2. The molecule has 2 N–H and O–H groups in total. The highest BCUT2D eigenvalue weighted by atomic mass is 32.2. The largest absolute Gasteiger partial charge is 0.333 e. The van der Waals surface area contributed by atoms with Gasteiger partial charge in [0.1, 0.15) is 5.54 Å². The lowest BCUT2D eigenvalue weighted by molar-refractivity contribution is 0.437. The van der Waals surface area contributed by atoms with E-state index >= 15 is 0 Å². The Morgan fingerprint density at radius 3 is 3.00 bits per heavy atom. The number of thioether (sulfide) groups is 1. The van der Waals surface area contributed by atoms with Crippen LogP contribution in [-0.4, -0.2) is 27.8 Å². The van der Waals surface area contributed by atoms with Crippen molar-refractivity contribution in [2.45, 2.75) is 44.3 Å². The first-order valence-electron chi connectivity index (χ1n) is 7.32. The first kappa shape index (κ1) is 15.9. The maximum atomic E-state index is 9.31. The zero-order chi connectivity index (χ0) is 15.3. The predicted octanol–water partition coefficient (Wildman–Crippen LogP) is 3.64. The van der Waals surface area contributed by atoms with Crippen molar-refractivity contribution in [3.05, 3.63) is 23.8 Å². The molecule has 0 amide bonds. The summed E-state index contributed by atoms with van der Waals surface area (Å²) in [6.07, 6.45) is 1.83. The molecule has 2 aromatic rings. The summed E-state index contributed by atoms with van der Waals surface area (Å²) in [5, 5.41) is 13.5. The van der Waals surface area contributed by atoms with Crippen molar-refractivity contribution >= 4 is 22.8 Å². The molecule has 1 unspecified atom stereocenters. The molecule has 0 saturated heterocycles. The summed E-state index contributed by atoms with van der Waals surface area (Å²) in [4.78, 5) is 7.90. The van der Waals surface area contributed by atoms with Crippen molar-refractivity contribution < 1.29 is 0 Å². The van der Waals surface area contributed by atoms with Crippen molar-refractivity contribution in [3.8, 4) is 6.07 Å². The summed E-state index contributed by atoms with van der Waals surface area (Å²) in [7, 11) is 0. The molecule has 5 heteroatoms. The van der Waals surface area contributed by atoms with Crippen LogP contribution in [0.2, 0.25) is 0 Å². The van der Waals surface area contributed by atoms with Gasteiger partial charge in [-0.05, 0) is 50.9 Å². The monoisotopic (exact) mass is 302 g/mol. The lowest BCUT2D eigenvalue weighted by Crippen LogP contribution is -2.41. The highest BCUT2D eigenvalue weighted by Gasteiger charge is 2.22. The number of H-pyrrole nitrogens is 1. The van der Waals surface area contributed by atoms with Crippen molar-refractivity contribution in [2.75, 3.05) is 12.3 Å². The average Bonchev–Trinajstić information content (AvgIpc) is 2.87. The standard InChI is InChI=1S/C16H22N4S/c1-4-8-18-16(3,11-17)7-9-21-15-19-13-6-5-12(2)10-14(13)20-15/h5-6,10,18H,4,7-9H2,1-3H3,(H,19,20). The third-order valence-electron chi connectivity index (χ3n) is 3.47. The Labute approximate surface area is 130 Å². The van der Waals surface area contributed by atoms with Crippen LogP contribution in [0.15, 0.2) is 23.4 Å². The van der Waals surface area contributed by atoms with E-state index in [9.17, 15) is 5.26 Å². The Kier molecular flexibility index (Phi) is 5.27. The van der Waals surface area contributed by atoms with Crippen LogP contribution in [0.5, 0.6) is 0 Å². The molecule has 0 aliphatic carbocycles. The Morgan fingerprint density at radius 2 is 2.29 bits per heavy atom. The number of hydrogen-bond donors (Lipinski definition) is 2. The van der Waals surface area contributed by atoms with Crippen LogP contribution >= 0.6 is 11.8 Å². The van der Waals surface area contributed by atoms with Gasteiger partial charge in [-0.3, -0.25) is 5.32 Å². The Morgan fingerprint density at radius 1 is 1.48 bits per heavy atom. The molecule has 0 bridgehead atoms. The summed E-state index contributed by atoms with van der Waals surface area (Å²) < 4.78 is 0. The number of nitrogens with zero attached hydrogens (tertiary/aromatic N) is 2. The summed E-state index contributed by atoms with van der Waals surface area (Å²) in [5.74, 6) is 0.861. The van der Waals surface area contributed by atoms with Crippen LogP contribution in [0.4, 0.5) is 0 Å². The predicted molar refractivity (Wildman–Crippen MR) is 88.5 cm³/mol. The number of aromatic amines is 1. The molecule has 1 aromatic heterocycles. The number of hydrogen-bond acceptors (Lipinski definition) is 4. The molecule has 1 atom stereocenters. The van der Waals surface area contributed by atoms with E-state index in [1.165, 1.54) is 5.56 Å². The van der Waals surface area contributed by atoms with Crippen LogP contribution in [-0.2, 0) is 0 Å². The van der Waals surface area contributed by atoms with E-state index in [2.05, 4.69) is 47.3 Å². The summed E-state index contributed by atoms with van der Waals surface area (Å²) in [6, 6.07) is 8.59. The van der Waals surface area contributed by atoms with E-state index in [1.807, 2.05) is 13.0 Å². The number of imidazole rings is 1. The zero-order valence-corrected chi connectivity index (χ0v) is 13.7. The quantitative estimate of drug-likeness (QED) is 0.766. The highest BCUT2D eigenvalue weighted by molar-refractivity contribution is 7.99. The molecular weight excluding hydrogens is 280 g/mol. The second-order valence-corrected chi connectivity index (χ2v) is 6.62. The molecule has 2 rings (SSSR count). The summed E-state index contributed by atoms with van der Waals surface area (Å²) in [6.45, 7) is 7.02. The second-order valence-electron chi connectivity index (χ2n) is 5.53. The van der Waals surface area contributed by atoms with Crippen molar-refractivity contribution in [2.24, 2.45) is 0 Å². The molecule has 0 radical (unpaired) electrons. The van der Waals surface area contributed by atoms with Crippen molar-refractivity contribution in [3.63, 3.8) is 0 Å². The molecule has 0 spiro atoms. The fourth-order valence-corrected chi connectivity index (χ4v) is 3.15. The molecule has 1 aromatic carbocycles. The topological polar surface area (TPSA) is 64.5 Å².